The standard InChI is InChI=1S/C18H22O2/c1-14-5-4-6-18(12-14)20-10-9-19-13-17-8-7-15(2)11-16(17)3/h4-8,11-12H,9-10,13H2,1-3H3. The Labute approximate surface area is 121 Å². The summed E-state index contributed by atoms with van der Waals surface area (Å²) in [5, 5.41) is 0. The molecule has 0 aliphatic rings. The fraction of sp³-hybridized carbons (Fsp3) is 0.333. The Kier molecular flexibility index (Phi) is 5.19. The summed E-state index contributed by atoms with van der Waals surface area (Å²) in [4.78, 5) is 0. The second-order valence-electron chi connectivity index (χ2n) is 5.15. The van der Waals surface area contributed by atoms with E-state index < -0.39 is 0 Å². The molecule has 20 heavy (non-hydrogen) atoms. The Balaban J connectivity index is 1.71. The van der Waals surface area contributed by atoms with Crippen molar-refractivity contribution in [2.75, 3.05) is 13.2 Å². The second-order valence-corrected chi connectivity index (χ2v) is 5.15. The monoisotopic (exact) mass is 270 g/mol. The average Bonchev–Trinajstić information content (AvgIpc) is 2.41. The first-order valence-corrected chi connectivity index (χ1v) is 6.98. The van der Waals surface area contributed by atoms with E-state index >= 15 is 0 Å². The number of aryl methyl sites for hydroxylation is 3. The fourth-order valence-corrected chi connectivity index (χ4v) is 2.11. The third-order valence-electron chi connectivity index (χ3n) is 3.24. The van der Waals surface area contributed by atoms with Crippen molar-refractivity contribution in [3.8, 4) is 5.75 Å². The molecule has 0 aromatic heterocycles. The molecular weight excluding hydrogens is 248 g/mol. The van der Waals surface area contributed by atoms with Crippen LogP contribution >= 0.6 is 0 Å². The van der Waals surface area contributed by atoms with Gasteiger partial charge in [0.25, 0.3) is 0 Å². The van der Waals surface area contributed by atoms with Gasteiger partial charge in [-0.25, -0.2) is 0 Å². The van der Waals surface area contributed by atoms with E-state index in [0.717, 1.165) is 5.75 Å². The van der Waals surface area contributed by atoms with E-state index in [2.05, 4.69) is 45.0 Å². The van der Waals surface area contributed by atoms with Crippen LogP contribution in [0.2, 0.25) is 0 Å². The van der Waals surface area contributed by atoms with Crippen LogP contribution < -0.4 is 4.74 Å². The molecule has 0 unspecified atom stereocenters. The number of hydrogen-bond acceptors (Lipinski definition) is 2. The van der Waals surface area contributed by atoms with Crippen LogP contribution in [-0.2, 0) is 11.3 Å². The lowest BCUT2D eigenvalue weighted by Crippen LogP contribution is -2.07. The Morgan fingerprint density at radius 1 is 0.850 bits per heavy atom. The van der Waals surface area contributed by atoms with Crippen molar-refractivity contribution in [2.45, 2.75) is 27.4 Å². The predicted octanol–water partition coefficient (Wildman–Crippen LogP) is 4.21. The molecule has 0 bridgehead atoms. The molecule has 0 atom stereocenters. The van der Waals surface area contributed by atoms with Crippen molar-refractivity contribution < 1.29 is 9.47 Å². The number of rotatable bonds is 6. The molecule has 0 aliphatic carbocycles. The maximum atomic E-state index is 5.67. The minimum absolute atomic E-state index is 0.578. The molecule has 0 saturated carbocycles. The van der Waals surface area contributed by atoms with Crippen molar-refractivity contribution >= 4 is 0 Å². The predicted molar refractivity (Wildman–Crippen MR) is 82.2 cm³/mol. The zero-order valence-electron chi connectivity index (χ0n) is 12.5. The van der Waals surface area contributed by atoms with E-state index in [9.17, 15) is 0 Å². The molecule has 2 aromatic rings. The van der Waals surface area contributed by atoms with Crippen LogP contribution in [0.15, 0.2) is 42.5 Å². The summed E-state index contributed by atoms with van der Waals surface area (Å²) in [6, 6.07) is 14.5. The van der Waals surface area contributed by atoms with Crippen LogP contribution in [0.1, 0.15) is 22.3 Å². The van der Waals surface area contributed by atoms with E-state index in [4.69, 9.17) is 9.47 Å². The maximum Gasteiger partial charge on any atom is 0.119 e. The van der Waals surface area contributed by atoms with Gasteiger partial charge >= 0.3 is 0 Å². The number of ether oxygens (including phenoxy) is 2. The first-order valence-electron chi connectivity index (χ1n) is 6.98. The average molecular weight is 270 g/mol. The maximum absolute atomic E-state index is 5.67. The third-order valence-corrected chi connectivity index (χ3v) is 3.24. The van der Waals surface area contributed by atoms with Gasteiger partial charge in [-0.1, -0.05) is 35.9 Å². The lowest BCUT2D eigenvalue weighted by molar-refractivity contribution is 0.0886. The summed E-state index contributed by atoms with van der Waals surface area (Å²) in [5.41, 5.74) is 5.02. The second kappa shape index (κ2) is 7.11. The van der Waals surface area contributed by atoms with Gasteiger partial charge in [0.15, 0.2) is 0 Å². The summed E-state index contributed by atoms with van der Waals surface area (Å²) in [5.74, 6) is 0.903. The van der Waals surface area contributed by atoms with E-state index in [1.807, 2.05) is 18.2 Å². The summed E-state index contributed by atoms with van der Waals surface area (Å²) in [6.07, 6.45) is 0. The topological polar surface area (TPSA) is 18.5 Å². The van der Waals surface area contributed by atoms with Gasteiger partial charge in [-0.3, -0.25) is 0 Å². The van der Waals surface area contributed by atoms with Crippen LogP contribution in [0.4, 0.5) is 0 Å². The van der Waals surface area contributed by atoms with Gasteiger partial charge in [-0.2, -0.15) is 0 Å². The highest BCUT2D eigenvalue weighted by Crippen LogP contribution is 2.13. The molecule has 0 saturated heterocycles. The van der Waals surface area contributed by atoms with E-state index in [1.54, 1.807) is 0 Å². The fourth-order valence-electron chi connectivity index (χ4n) is 2.11. The Bertz CT molecular complexity index is 561. The first kappa shape index (κ1) is 14.6. The van der Waals surface area contributed by atoms with Gasteiger partial charge in [0.2, 0.25) is 0 Å². The SMILES string of the molecule is Cc1cccc(OCCOCc2ccc(C)cc2C)c1. The molecular formula is C18H22O2. The van der Waals surface area contributed by atoms with Gasteiger partial charge in [0.1, 0.15) is 12.4 Å². The molecule has 2 nitrogen and oxygen atoms in total. The molecule has 2 rings (SSSR count). The van der Waals surface area contributed by atoms with Crippen molar-refractivity contribution in [3.63, 3.8) is 0 Å². The molecule has 0 aliphatic heterocycles. The minimum Gasteiger partial charge on any atom is -0.491 e. The van der Waals surface area contributed by atoms with Crippen molar-refractivity contribution in [2.24, 2.45) is 0 Å². The molecule has 0 radical (unpaired) electrons. The van der Waals surface area contributed by atoms with Gasteiger partial charge < -0.3 is 9.47 Å². The van der Waals surface area contributed by atoms with Crippen molar-refractivity contribution in [3.05, 3.63) is 64.7 Å². The minimum atomic E-state index is 0.578. The van der Waals surface area contributed by atoms with Crippen LogP contribution in [-0.4, -0.2) is 13.2 Å². The van der Waals surface area contributed by atoms with E-state index in [0.29, 0.717) is 19.8 Å². The Morgan fingerprint density at radius 3 is 2.40 bits per heavy atom. The summed E-state index contributed by atoms with van der Waals surface area (Å²) < 4.78 is 11.3. The van der Waals surface area contributed by atoms with Gasteiger partial charge in [0.05, 0.1) is 13.2 Å². The molecule has 0 amide bonds. The molecule has 0 heterocycles. The highest BCUT2D eigenvalue weighted by Gasteiger charge is 1.99. The molecule has 2 heteroatoms. The summed E-state index contributed by atoms with van der Waals surface area (Å²) in [6.45, 7) is 8.10. The third kappa shape index (κ3) is 4.39. The molecule has 0 N–H and O–H groups in total. The zero-order valence-corrected chi connectivity index (χ0v) is 12.5. The Morgan fingerprint density at radius 2 is 1.65 bits per heavy atom. The largest absolute Gasteiger partial charge is 0.491 e. The van der Waals surface area contributed by atoms with E-state index in [1.165, 1.54) is 22.3 Å². The van der Waals surface area contributed by atoms with Gasteiger partial charge in [-0.15, -0.1) is 0 Å². The van der Waals surface area contributed by atoms with Crippen molar-refractivity contribution in [1.82, 2.24) is 0 Å². The molecule has 106 valence electrons. The van der Waals surface area contributed by atoms with Gasteiger partial charge in [-0.05, 0) is 49.6 Å². The molecule has 0 spiro atoms. The van der Waals surface area contributed by atoms with Crippen LogP contribution in [0.25, 0.3) is 0 Å². The van der Waals surface area contributed by atoms with Crippen molar-refractivity contribution in [1.29, 1.82) is 0 Å². The lowest BCUT2D eigenvalue weighted by Gasteiger charge is -2.09. The van der Waals surface area contributed by atoms with Gasteiger partial charge in [0, 0.05) is 0 Å². The highest BCUT2D eigenvalue weighted by atomic mass is 16.5. The first-order chi connectivity index (χ1) is 9.65. The number of benzene rings is 2. The van der Waals surface area contributed by atoms with E-state index in [-0.39, 0.29) is 0 Å². The molecule has 2 aromatic carbocycles. The molecule has 0 fully saturated rings. The van der Waals surface area contributed by atoms with Crippen LogP contribution in [0.5, 0.6) is 5.75 Å². The smallest absolute Gasteiger partial charge is 0.119 e. The highest BCUT2D eigenvalue weighted by molar-refractivity contribution is 5.30. The quantitative estimate of drug-likeness (QED) is 0.732. The lowest BCUT2D eigenvalue weighted by atomic mass is 10.1. The summed E-state index contributed by atoms with van der Waals surface area (Å²) in [7, 11) is 0. The summed E-state index contributed by atoms with van der Waals surface area (Å²) >= 11 is 0. The van der Waals surface area contributed by atoms with Crippen LogP contribution in [0.3, 0.4) is 0 Å². The Hall–Kier alpha value is -1.80. The van der Waals surface area contributed by atoms with Crippen LogP contribution in [0, 0.1) is 20.8 Å². The number of hydrogen-bond donors (Lipinski definition) is 0. The normalized spacial score (nSPS) is 10.6. The zero-order chi connectivity index (χ0) is 14.4.